The third kappa shape index (κ3) is 2.13. The standard InChI is InChI=1S/C11H16ClNS/c1-7(2)13-9-4-3-5-10-8(9)6-11(12)14-10/h6-7,9,13H,3-5H2,1-2H3. The van der Waals surface area contributed by atoms with Crippen LogP contribution in [0.25, 0.3) is 0 Å². The lowest BCUT2D eigenvalue weighted by Gasteiger charge is -2.25. The van der Waals surface area contributed by atoms with Crippen LogP contribution in [0.5, 0.6) is 0 Å². The van der Waals surface area contributed by atoms with Crippen LogP contribution in [-0.4, -0.2) is 6.04 Å². The second-order valence-corrected chi connectivity index (χ2v) is 5.96. The molecule has 1 aliphatic rings. The number of hydrogen-bond acceptors (Lipinski definition) is 2. The average Bonchev–Trinajstić information content (AvgIpc) is 2.45. The van der Waals surface area contributed by atoms with Gasteiger partial charge in [0.1, 0.15) is 0 Å². The monoisotopic (exact) mass is 229 g/mol. The maximum Gasteiger partial charge on any atom is 0.0934 e. The molecule has 0 saturated heterocycles. The fourth-order valence-electron chi connectivity index (χ4n) is 2.10. The Bertz CT molecular complexity index is 319. The molecule has 78 valence electrons. The molecular formula is C11H16ClNS. The molecule has 1 nitrogen and oxygen atoms in total. The van der Waals surface area contributed by atoms with E-state index in [9.17, 15) is 0 Å². The van der Waals surface area contributed by atoms with Gasteiger partial charge in [-0.2, -0.15) is 0 Å². The lowest BCUT2D eigenvalue weighted by molar-refractivity contribution is 0.426. The van der Waals surface area contributed by atoms with Gasteiger partial charge in [0.05, 0.1) is 4.34 Å². The largest absolute Gasteiger partial charge is 0.308 e. The van der Waals surface area contributed by atoms with Crippen molar-refractivity contribution in [1.29, 1.82) is 0 Å². The lowest BCUT2D eigenvalue weighted by atomic mass is 9.93. The summed E-state index contributed by atoms with van der Waals surface area (Å²) in [7, 11) is 0. The first-order chi connectivity index (χ1) is 6.66. The van der Waals surface area contributed by atoms with Crippen LogP contribution in [0.1, 0.15) is 43.2 Å². The van der Waals surface area contributed by atoms with Gasteiger partial charge in [-0.15, -0.1) is 11.3 Å². The van der Waals surface area contributed by atoms with Crippen molar-refractivity contribution in [1.82, 2.24) is 5.32 Å². The molecule has 14 heavy (non-hydrogen) atoms. The summed E-state index contributed by atoms with van der Waals surface area (Å²) in [6.45, 7) is 4.39. The van der Waals surface area contributed by atoms with Gasteiger partial charge in [0.2, 0.25) is 0 Å². The van der Waals surface area contributed by atoms with Gasteiger partial charge in [-0.3, -0.25) is 0 Å². The Morgan fingerprint density at radius 3 is 3.07 bits per heavy atom. The first kappa shape index (κ1) is 10.5. The van der Waals surface area contributed by atoms with Gasteiger partial charge >= 0.3 is 0 Å². The van der Waals surface area contributed by atoms with Gasteiger partial charge in [0.15, 0.2) is 0 Å². The fraction of sp³-hybridized carbons (Fsp3) is 0.636. The first-order valence-electron chi connectivity index (χ1n) is 5.21. The molecule has 2 rings (SSSR count). The van der Waals surface area contributed by atoms with Crippen LogP contribution in [-0.2, 0) is 6.42 Å². The zero-order valence-corrected chi connectivity index (χ0v) is 10.2. The van der Waals surface area contributed by atoms with Crippen LogP contribution in [0, 0.1) is 0 Å². The van der Waals surface area contributed by atoms with Crippen molar-refractivity contribution in [2.24, 2.45) is 0 Å². The zero-order chi connectivity index (χ0) is 10.1. The van der Waals surface area contributed by atoms with E-state index in [0.717, 1.165) is 4.34 Å². The topological polar surface area (TPSA) is 12.0 Å². The Kier molecular flexibility index (Phi) is 3.15. The molecule has 1 aliphatic carbocycles. The summed E-state index contributed by atoms with van der Waals surface area (Å²) in [6.07, 6.45) is 3.75. The van der Waals surface area contributed by atoms with Crippen molar-refractivity contribution in [2.75, 3.05) is 0 Å². The van der Waals surface area contributed by atoms with Crippen molar-refractivity contribution < 1.29 is 0 Å². The van der Waals surface area contributed by atoms with Gasteiger partial charge in [0, 0.05) is 17.0 Å². The molecule has 1 N–H and O–H groups in total. The second-order valence-electron chi connectivity index (χ2n) is 4.20. The predicted octanol–water partition coefficient (Wildman–Crippen LogP) is 3.78. The van der Waals surface area contributed by atoms with Gasteiger partial charge in [-0.25, -0.2) is 0 Å². The molecule has 0 fully saturated rings. The molecule has 3 heteroatoms. The number of aryl methyl sites for hydroxylation is 1. The van der Waals surface area contributed by atoms with E-state index >= 15 is 0 Å². The number of fused-ring (bicyclic) bond motifs is 1. The minimum atomic E-state index is 0.530. The van der Waals surface area contributed by atoms with Crippen LogP contribution in [0.3, 0.4) is 0 Å². The molecular weight excluding hydrogens is 214 g/mol. The Labute approximate surface area is 94.5 Å². The first-order valence-corrected chi connectivity index (χ1v) is 6.40. The highest BCUT2D eigenvalue weighted by molar-refractivity contribution is 7.16. The van der Waals surface area contributed by atoms with Gasteiger partial charge in [-0.05, 0) is 30.9 Å². The normalized spacial score (nSPS) is 21.3. The van der Waals surface area contributed by atoms with Crippen molar-refractivity contribution in [3.8, 4) is 0 Å². The quantitative estimate of drug-likeness (QED) is 0.814. The van der Waals surface area contributed by atoms with Crippen molar-refractivity contribution in [3.05, 3.63) is 20.8 Å². The number of rotatable bonds is 2. The molecule has 1 aromatic heterocycles. The van der Waals surface area contributed by atoms with E-state index in [4.69, 9.17) is 11.6 Å². The number of halogens is 1. The third-order valence-corrected chi connectivity index (χ3v) is 3.96. The molecule has 0 amide bonds. The van der Waals surface area contributed by atoms with E-state index < -0.39 is 0 Å². The molecule has 0 saturated carbocycles. The highest BCUT2D eigenvalue weighted by Gasteiger charge is 2.22. The molecule has 1 aromatic rings. The summed E-state index contributed by atoms with van der Waals surface area (Å²) < 4.78 is 0.937. The Morgan fingerprint density at radius 2 is 2.36 bits per heavy atom. The maximum atomic E-state index is 6.04. The van der Waals surface area contributed by atoms with Crippen molar-refractivity contribution >= 4 is 22.9 Å². The molecule has 0 aliphatic heterocycles. The summed E-state index contributed by atoms with van der Waals surface area (Å²) in [5.74, 6) is 0. The van der Waals surface area contributed by atoms with E-state index in [2.05, 4.69) is 25.2 Å². The van der Waals surface area contributed by atoms with E-state index in [1.165, 1.54) is 29.7 Å². The Balaban J connectivity index is 2.21. The summed E-state index contributed by atoms with van der Waals surface area (Å²) in [6, 6.07) is 3.22. The van der Waals surface area contributed by atoms with Crippen LogP contribution in [0.15, 0.2) is 6.07 Å². The van der Waals surface area contributed by atoms with Crippen molar-refractivity contribution in [3.63, 3.8) is 0 Å². The van der Waals surface area contributed by atoms with Crippen molar-refractivity contribution in [2.45, 2.75) is 45.2 Å². The minimum Gasteiger partial charge on any atom is -0.308 e. The van der Waals surface area contributed by atoms with Gasteiger partial charge in [0.25, 0.3) is 0 Å². The maximum absolute atomic E-state index is 6.04. The van der Waals surface area contributed by atoms with Crippen LogP contribution in [0.4, 0.5) is 0 Å². The van der Waals surface area contributed by atoms with Crippen LogP contribution in [0.2, 0.25) is 4.34 Å². The van der Waals surface area contributed by atoms with E-state index in [-0.39, 0.29) is 0 Å². The molecule has 0 radical (unpaired) electrons. The number of hydrogen-bond donors (Lipinski definition) is 1. The molecule has 0 bridgehead atoms. The molecule has 1 atom stereocenters. The highest BCUT2D eigenvalue weighted by Crippen LogP contribution is 2.37. The van der Waals surface area contributed by atoms with E-state index in [0.29, 0.717) is 12.1 Å². The smallest absolute Gasteiger partial charge is 0.0934 e. The molecule has 0 spiro atoms. The van der Waals surface area contributed by atoms with Crippen LogP contribution < -0.4 is 5.32 Å². The van der Waals surface area contributed by atoms with E-state index in [1.54, 1.807) is 11.3 Å². The number of thiophene rings is 1. The van der Waals surface area contributed by atoms with Gasteiger partial charge < -0.3 is 5.32 Å². The minimum absolute atomic E-state index is 0.530. The molecule has 0 aromatic carbocycles. The predicted molar refractivity (Wildman–Crippen MR) is 63.3 cm³/mol. The number of nitrogens with one attached hydrogen (secondary N) is 1. The average molecular weight is 230 g/mol. The van der Waals surface area contributed by atoms with Crippen LogP contribution >= 0.6 is 22.9 Å². The zero-order valence-electron chi connectivity index (χ0n) is 8.64. The van der Waals surface area contributed by atoms with Gasteiger partial charge in [-0.1, -0.05) is 25.4 Å². The summed E-state index contributed by atoms with van der Waals surface area (Å²) in [5.41, 5.74) is 1.44. The fourth-order valence-corrected chi connectivity index (χ4v) is 3.48. The molecule has 1 unspecified atom stereocenters. The SMILES string of the molecule is CC(C)NC1CCCc2sc(Cl)cc21. The third-order valence-electron chi connectivity index (χ3n) is 2.62. The highest BCUT2D eigenvalue weighted by atomic mass is 35.5. The Morgan fingerprint density at radius 1 is 1.57 bits per heavy atom. The summed E-state index contributed by atoms with van der Waals surface area (Å²) in [5, 5.41) is 3.60. The van der Waals surface area contributed by atoms with E-state index in [1.807, 2.05) is 0 Å². The molecule has 1 heterocycles. The summed E-state index contributed by atoms with van der Waals surface area (Å²) in [4.78, 5) is 1.49. The Hall–Kier alpha value is -0.0500. The second kappa shape index (κ2) is 4.21. The lowest BCUT2D eigenvalue weighted by Crippen LogP contribution is -2.29. The summed E-state index contributed by atoms with van der Waals surface area (Å²) >= 11 is 7.79.